The summed E-state index contributed by atoms with van der Waals surface area (Å²) in [5, 5.41) is 8.68. The van der Waals surface area contributed by atoms with Gasteiger partial charge in [0, 0.05) is 6.42 Å². The van der Waals surface area contributed by atoms with Crippen LogP contribution in [-0.4, -0.2) is 23.3 Å². The molecule has 2 rings (SSSR count). The average Bonchev–Trinajstić information content (AvgIpc) is 2.67. The monoisotopic (exact) mass is 416 g/mol. The van der Waals surface area contributed by atoms with Gasteiger partial charge in [-0.25, -0.2) is 0 Å². The van der Waals surface area contributed by atoms with E-state index >= 15 is 0 Å². The maximum atomic E-state index is 10.5. The number of hydrogen-bond acceptors (Lipinski definition) is 3. The van der Waals surface area contributed by atoms with Crippen LogP contribution in [0.5, 0.6) is 11.5 Å². The van der Waals surface area contributed by atoms with Gasteiger partial charge in [-0.3, -0.25) is 4.79 Å². The van der Waals surface area contributed by atoms with Crippen LogP contribution >= 0.6 is 0 Å². The van der Waals surface area contributed by atoms with Crippen molar-refractivity contribution in [2.24, 2.45) is 11.8 Å². The smallest absolute Gasteiger partial charge is 0.303 e. The maximum absolute atomic E-state index is 10.5. The molecule has 0 radical (unpaired) electrons. The normalized spacial score (nSPS) is 19.5. The number of hydrogen-bond donors (Lipinski definition) is 1. The zero-order chi connectivity index (χ0) is 22.0. The van der Waals surface area contributed by atoms with E-state index in [4.69, 9.17) is 14.6 Å². The molecule has 0 amide bonds. The zero-order valence-electron chi connectivity index (χ0n) is 19.3. The first-order chi connectivity index (χ1) is 14.3. The van der Waals surface area contributed by atoms with Crippen LogP contribution in [0, 0.1) is 11.8 Å². The summed E-state index contributed by atoms with van der Waals surface area (Å²) in [4.78, 5) is 10.5. The van der Waals surface area contributed by atoms with Crippen LogP contribution < -0.4 is 9.47 Å². The molecule has 1 aromatic rings. The molecule has 1 N–H and O–H groups in total. The number of rotatable bonds is 13. The van der Waals surface area contributed by atoms with Crippen molar-refractivity contribution in [2.75, 3.05) is 6.61 Å². The highest BCUT2D eigenvalue weighted by atomic mass is 16.5. The van der Waals surface area contributed by atoms with Gasteiger partial charge in [-0.15, -0.1) is 0 Å². The van der Waals surface area contributed by atoms with Gasteiger partial charge in [0.05, 0.1) is 6.61 Å². The van der Waals surface area contributed by atoms with E-state index in [0.29, 0.717) is 13.0 Å². The predicted octanol–water partition coefficient (Wildman–Crippen LogP) is 6.81. The van der Waals surface area contributed by atoms with E-state index in [0.717, 1.165) is 49.0 Å². The number of carboxylic acids is 1. The van der Waals surface area contributed by atoms with Gasteiger partial charge < -0.3 is 14.6 Å². The summed E-state index contributed by atoms with van der Waals surface area (Å²) in [5.74, 6) is 2.54. The standard InChI is InChI=1S/C26H40O4/c1-20(2)9-7-10-21(3)11-8-16-26(4)17-15-22-19-23(13-14-24(22)30-26)29-18-6-5-12-25(27)28/h8,13-14,16,19-21H,5-7,9-12,15,17-18H2,1-4H3,(H,27,28)/b16-8+. The second kappa shape index (κ2) is 12.0. The third-order valence-electron chi connectivity index (χ3n) is 5.81. The molecule has 0 fully saturated rings. The summed E-state index contributed by atoms with van der Waals surface area (Å²) in [6.07, 6.45) is 13.1. The molecule has 0 bridgehead atoms. The maximum Gasteiger partial charge on any atom is 0.303 e. The number of allylic oxidation sites excluding steroid dienone is 1. The average molecular weight is 417 g/mol. The molecule has 2 atom stereocenters. The number of carbonyl (C=O) groups is 1. The Morgan fingerprint density at radius 3 is 2.77 bits per heavy atom. The zero-order valence-corrected chi connectivity index (χ0v) is 19.3. The van der Waals surface area contributed by atoms with Crippen molar-refractivity contribution in [3.8, 4) is 11.5 Å². The Morgan fingerprint density at radius 2 is 2.03 bits per heavy atom. The number of aryl methyl sites for hydroxylation is 1. The minimum Gasteiger partial charge on any atom is -0.494 e. The highest BCUT2D eigenvalue weighted by Gasteiger charge is 2.29. The first-order valence-electron chi connectivity index (χ1n) is 11.6. The second-order valence-electron chi connectivity index (χ2n) is 9.45. The third kappa shape index (κ3) is 8.81. The Kier molecular flexibility index (Phi) is 9.74. The molecule has 0 aliphatic carbocycles. The van der Waals surface area contributed by atoms with Crippen LogP contribution in [0.2, 0.25) is 0 Å². The lowest BCUT2D eigenvalue weighted by atomic mass is 9.91. The summed E-state index contributed by atoms with van der Waals surface area (Å²) in [5.41, 5.74) is 0.940. The number of ether oxygens (including phenoxy) is 2. The van der Waals surface area contributed by atoms with Crippen molar-refractivity contribution < 1.29 is 19.4 Å². The van der Waals surface area contributed by atoms with Gasteiger partial charge in [-0.1, -0.05) is 46.1 Å². The van der Waals surface area contributed by atoms with Crippen molar-refractivity contribution in [1.82, 2.24) is 0 Å². The van der Waals surface area contributed by atoms with Crippen LogP contribution in [0.4, 0.5) is 0 Å². The first kappa shape index (κ1) is 24.3. The van der Waals surface area contributed by atoms with Crippen molar-refractivity contribution in [2.45, 2.75) is 91.1 Å². The molecule has 1 aliphatic heterocycles. The van der Waals surface area contributed by atoms with Gasteiger partial charge in [0.15, 0.2) is 0 Å². The minimum atomic E-state index is -0.751. The fraction of sp³-hybridized carbons (Fsp3) is 0.654. The number of fused-ring (bicyclic) bond motifs is 1. The lowest BCUT2D eigenvalue weighted by molar-refractivity contribution is -0.137. The van der Waals surface area contributed by atoms with E-state index < -0.39 is 5.97 Å². The van der Waals surface area contributed by atoms with Gasteiger partial charge in [-0.2, -0.15) is 0 Å². The third-order valence-corrected chi connectivity index (χ3v) is 5.81. The van der Waals surface area contributed by atoms with E-state index in [1.807, 2.05) is 12.1 Å². The quantitative estimate of drug-likeness (QED) is 0.283. The van der Waals surface area contributed by atoms with Crippen LogP contribution in [0.1, 0.15) is 84.6 Å². The summed E-state index contributed by atoms with van der Waals surface area (Å²) < 4.78 is 12.1. The Balaban J connectivity index is 1.79. The van der Waals surface area contributed by atoms with Crippen LogP contribution in [0.25, 0.3) is 0 Å². The summed E-state index contributed by atoms with van der Waals surface area (Å²) in [6, 6.07) is 6.01. The summed E-state index contributed by atoms with van der Waals surface area (Å²) in [6.45, 7) is 9.64. The first-order valence-corrected chi connectivity index (χ1v) is 11.6. The second-order valence-corrected chi connectivity index (χ2v) is 9.45. The summed E-state index contributed by atoms with van der Waals surface area (Å²) >= 11 is 0. The Bertz CT molecular complexity index is 694. The molecule has 4 nitrogen and oxygen atoms in total. The molecule has 1 aliphatic rings. The van der Waals surface area contributed by atoms with E-state index in [1.54, 1.807) is 0 Å². The molecule has 1 heterocycles. The molecule has 4 heteroatoms. The fourth-order valence-electron chi connectivity index (χ4n) is 3.85. The van der Waals surface area contributed by atoms with Crippen LogP contribution in [0.3, 0.4) is 0 Å². The molecular formula is C26H40O4. The van der Waals surface area contributed by atoms with Gasteiger partial charge in [0.1, 0.15) is 17.1 Å². The largest absolute Gasteiger partial charge is 0.494 e. The van der Waals surface area contributed by atoms with Crippen molar-refractivity contribution in [1.29, 1.82) is 0 Å². The fourth-order valence-corrected chi connectivity index (χ4v) is 3.85. The number of carboxylic acid groups (broad SMARTS) is 1. The van der Waals surface area contributed by atoms with Crippen molar-refractivity contribution in [3.63, 3.8) is 0 Å². The molecular weight excluding hydrogens is 376 g/mol. The lowest BCUT2D eigenvalue weighted by Gasteiger charge is -2.33. The van der Waals surface area contributed by atoms with Gasteiger partial charge in [0.2, 0.25) is 0 Å². The van der Waals surface area contributed by atoms with E-state index in [9.17, 15) is 4.79 Å². The molecule has 0 saturated heterocycles. The molecule has 0 spiro atoms. The molecule has 168 valence electrons. The SMILES string of the molecule is CC(C)CCCC(C)C/C=C/C1(C)CCc2cc(OCCCCC(=O)O)ccc2O1. The molecule has 0 saturated carbocycles. The number of aliphatic carboxylic acids is 1. The van der Waals surface area contributed by atoms with Gasteiger partial charge >= 0.3 is 5.97 Å². The molecule has 0 aromatic heterocycles. The lowest BCUT2D eigenvalue weighted by Crippen LogP contribution is -2.34. The Labute approximate surface area is 182 Å². The molecule has 2 unspecified atom stereocenters. The Hall–Kier alpha value is -1.97. The van der Waals surface area contributed by atoms with Gasteiger partial charge in [0.25, 0.3) is 0 Å². The van der Waals surface area contributed by atoms with Gasteiger partial charge in [-0.05, 0) is 80.7 Å². The van der Waals surface area contributed by atoms with Crippen LogP contribution in [-0.2, 0) is 11.2 Å². The van der Waals surface area contributed by atoms with Crippen LogP contribution in [0.15, 0.2) is 30.4 Å². The van der Waals surface area contributed by atoms with E-state index in [1.165, 1.54) is 24.8 Å². The topological polar surface area (TPSA) is 55.8 Å². The Morgan fingerprint density at radius 1 is 1.23 bits per heavy atom. The van der Waals surface area contributed by atoms with E-state index in [2.05, 4.69) is 45.9 Å². The summed E-state index contributed by atoms with van der Waals surface area (Å²) in [7, 11) is 0. The van der Waals surface area contributed by atoms with Crippen molar-refractivity contribution in [3.05, 3.63) is 35.9 Å². The highest BCUT2D eigenvalue weighted by Crippen LogP contribution is 2.36. The predicted molar refractivity (Wildman–Crippen MR) is 122 cm³/mol. The highest BCUT2D eigenvalue weighted by molar-refractivity contribution is 5.66. The molecule has 1 aromatic carbocycles. The molecule has 30 heavy (non-hydrogen) atoms. The minimum absolute atomic E-state index is 0.199. The number of benzene rings is 1. The van der Waals surface area contributed by atoms with Crippen molar-refractivity contribution >= 4 is 5.97 Å². The van der Waals surface area contributed by atoms with E-state index in [-0.39, 0.29) is 12.0 Å². The number of unbranched alkanes of at least 4 members (excludes halogenated alkanes) is 1.